The van der Waals surface area contributed by atoms with Gasteiger partial charge in [0, 0.05) is 5.92 Å². The summed E-state index contributed by atoms with van der Waals surface area (Å²) in [7, 11) is 0. The average Bonchev–Trinajstić information content (AvgIpc) is 2.50. The molecule has 0 saturated carbocycles. The lowest BCUT2D eigenvalue weighted by Gasteiger charge is -2.22. The van der Waals surface area contributed by atoms with Crippen molar-refractivity contribution in [2.45, 2.75) is 39.5 Å². The molecule has 0 bridgehead atoms. The third kappa shape index (κ3) is 4.40. The lowest BCUT2D eigenvalue weighted by Crippen LogP contribution is -2.08. The number of rotatable bonds is 6. The molecule has 0 radical (unpaired) electrons. The Morgan fingerprint density at radius 1 is 0.682 bits per heavy atom. The highest BCUT2D eigenvalue weighted by atomic mass is 19.1. The fourth-order valence-corrected chi connectivity index (χ4v) is 2.68. The Morgan fingerprint density at radius 3 is 1.45 bits per heavy atom. The second-order valence-corrected chi connectivity index (χ2v) is 6.45. The molecular weight excluding hydrogens is 278 g/mol. The first-order chi connectivity index (χ1) is 10.5. The lowest BCUT2D eigenvalue weighted by molar-refractivity contribution is 0.375. The molecule has 2 aromatic rings. The fourth-order valence-electron chi connectivity index (χ4n) is 2.68. The van der Waals surface area contributed by atoms with E-state index in [1.165, 1.54) is 24.3 Å². The summed E-state index contributed by atoms with van der Waals surface area (Å²) in [6.07, 6.45) is 2.08. The van der Waals surface area contributed by atoms with Crippen LogP contribution in [0.25, 0.3) is 0 Å². The molecule has 0 saturated heterocycles. The zero-order chi connectivity index (χ0) is 16.1. The van der Waals surface area contributed by atoms with Crippen molar-refractivity contribution in [2.24, 2.45) is 11.8 Å². The monoisotopic (exact) mass is 302 g/mol. The van der Waals surface area contributed by atoms with Gasteiger partial charge in [-0.05, 0) is 60.1 Å². The van der Waals surface area contributed by atoms with Gasteiger partial charge < -0.3 is 0 Å². The summed E-state index contributed by atoms with van der Waals surface area (Å²) in [5.41, 5.74) is 2.17. The van der Waals surface area contributed by atoms with Crippen LogP contribution in [-0.2, 0) is 0 Å². The molecular formula is C20H24F2. The molecule has 0 spiro atoms. The maximum Gasteiger partial charge on any atom is 0.123 e. The van der Waals surface area contributed by atoms with Gasteiger partial charge in [0.15, 0.2) is 0 Å². The van der Waals surface area contributed by atoms with Gasteiger partial charge in [0.1, 0.15) is 11.6 Å². The van der Waals surface area contributed by atoms with Crippen LogP contribution in [-0.4, -0.2) is 0 Å². The zero-order valence-electron chi connectivity index (χ0n) is 13.5. The summed E-state index contributed by atoms with van der Waals surface area (Å²) in [6.45, 7) is 6.72. The Balaban J connectivity index is 2.24. The molecule has 0 aliphatic heterocycles. The molecule has 2 heteroatoms. The number of hydrogen-bond donors (Lipinski definition) is 0. The second-order valence-electron chi connectivity index (χ2n) is 6.45. The van der Waals surface area contributed by atoms with Gasteiger partial charge >= 0.3 is 0 Å². The first-order valence-corrected chi connectivity index (χ1v) is 7.98. The van der Waals surface area contributed by atoms with E-state index >= 15 is 0 Å². The molecule has 0 N–H and O–H groups in total. The van der Waals surface area contributed by atoms with Crippen molar-refractivity contribution in [2.75, 3.05) is 0 Å². The van der Waals surface area contributed by atoms with Gasteiger partial charge in [-0.2, -0.15) is 0 Å². The molecule has 0 heterocycles. The van der Waals surface area contributed by atoms with Gasteiger partial charge in [-0.25, -0.2) is 8.78 Å². The molecule has 0 aliphatic carbocycles. The summed E-state index contributed by atoms with van der Waals surface area (Å²) < 4.78 is 26.4. The standard InChI is InChI=1S/C20H24F2/c1-14(2)15(3)4-13-20(16-5-9-18(21)10-6-16)17-7-11-19(22)12-8-17/h5-12,14-15,20H,4,13H2,1-3H3. The Bertz CT molecular complexity index is 524. The van der Waals surface area contributed by atoms with Gasteiger partial charge in [0.05, 0.1) is 0 Å². The maximum absolute atomic E-state index is 13.2. The zero-order valence-corrected chi connectivity index (χ0v) is 13.5. The van der Waals surface area contributed by atoms with E-state index in [4.69, 9.17) is 0 Å². The largest absolute Gasteiger partial charge is 0.207 e. The number of benzene rings is 2. The van der Waals surface area contributed by atoms with Gasteiger partial charge in [-0.3, -0.25) is 0 Å². The Kier molecular flexibility index (Phi) is 5.70. The van der Waals surface area contributed by atoms with Crippen LogP contribution in [0.3, 0.4) is 0 Å². The maximum atomic E-state index is 13.2. The van der Waals surface area contributed by atoms with Gasteiger partial charge in [-0.15, -0.1) is 0 Å². The van der Waals surface area contributed by atoms with Crippen LogP contribution in [0.5, 0.6) is 0 Å². The van der Waals surface area contributed by atoms with Crippen molar-refractivity contribution in [1.29, 1.82) is 0 Å². The summed E-state index contributed by atoms with van der Waals surface area (Å²) in [5.74, 6) is 1.00. The highest BCUT2D eigenvalue weighted by Crippen LogP contribution is 2.32. The van der Waals surface area contributed by atoms with E-state index < -0.39 is 0 Å². The fraction of sp³-hybridized carbons (Fsp3) is 0.400. The molecule has 1 atom stereocenters. The van der Waals surface area contributed by atoms with E-state index in [1.807, 2.05) is 24.3 Å². The van der Waals surface area contributed by atoms with Crippen molar-refractivity contribution < 1.29 is 8.78 Å². The van der Waals surface area contributed by atoms with Crippen molar-refractivity contribution in [3.05, 3.63) is 71.3 Å². The Labute approximate surface area is 132 Å². The van der Waals surface area contributed by atoms with E-state index in [0.29, 0.717) is 11.8 Å². The van der Waals surface area contributed by atoms with Crippen molar-refractivity contribution in [3.8, 4) is 0 Å². The van der Waals surface area contributed by atoms with Crippen LogP contribution in [0, 0.1) is 23.5 Å². The van der Waals surface area contributed by atoms with Crippen molar-refractivity contribution >= 4 is 0 Å². The van der Waals surface area contributed by atoms with Crippen LogP contribution < -0.4 is 0 Å². The van der Waals surface area contributed by atoms with E-state index in [9.17, 15) is 8.78 Å². The van der Waals surface area contributed by atoms with Gasteiger partial charge in [-0.1, -0.05) is 45.0 Å². The van der Waals surface area contributed by atoms with Crippen molar-refractivity contribution in [3.63, 3.8) is 0 Å². The van der Waals surface area contributed by atoms with E-state index in [0.717, 1.165) is 24.0 Å². The predicted molar refractivity (Wildman–Crippen MR) is 87.9 cm³/mol. The Hall–Kier alpha value is -1.70. The van der Waals surface area contributed by atoms with Crippen LogP contribution in [0.4, 0.5) is 8.78 Å². The van der Waals surface area contributed by atoms with Crippen LogP contribution in [0.2, 0.25) is 0 Å². The average molecular weight is 302 g/mol. The van der Waals surface area contributed by atoms with Gasteiger partial charge in [0.25, 0.3) is 0 Å². The minimum atomic E-state index is -0.225. The molecule has 0 amide bonds. The second kappa shape index (κ2) is 7.53. The highest BCUT2D eigenvalue weighted by Gasteiger charge is 2.17. The first-order valence-electron chi connectivity index (χ1n) is 7.98. The molecule has 0 nitrogen and oxygen atoms in total. The molecule has 0 fully saturated rings. The van der Waals surface area contributed by atoms with Crippen LogP contribution >= 0.6 is 0 Å². The molecule has 118 valence electrons. The van der Waals surface area contributed by atoms with Crippen LogP contribution in [0.1, 0.15) is 50.7 Å². The molecule has 2 aromatic carbocycles. The number of hydrogen-bond acceptors (Lipinski definition) is 0. The predicted octanol–water partition coefficient (Wildman–Crippen LogP) is 6.17. The lowest BCUT2D eigenvalue weighted by atomic mass is 9.83. The molecule has 22 heavy (non-hydrogen) atoms. The smallest absolute Gasteiger partial charge is 0.123 e. The third-order valence-corrected chi connectivity index (χ3v) is 4.59. The minimum absolute atomic E-state index is 0.183. The molecule has 2 rings (SSSR count). The summed E-state index contributed by atoms with van der Waals surface area (Å²) >= 11 is 0. The molecule has 1 unspecified atom stereocenters. The topological polar surface area (TPSA) is 0 Å². The normalized spacial score (nSPS) is 12.9. The summed E-state index contributed by atoms with van der Waals surface area (Å²) in [6, 6.07) is 13.3. The van der Waals surface area contributed by atoms with E-state index in [1.54, 1.807) is 0 Å². The number of halogens is 2. The Morgan fingerprint density at radius 2 is 1.09 bits per heavy atom. The van der Waals surface area contributed by atoms with Crippen LogP contribution in [0.15, 0.2) is 48.5 Å². The third-order valence-electron chi connectivity index (χ3n) is 4.59. The quantitative estimate of drug-likeness (QED) is 0.598. The van der Waals surface area contributed by atoms with Gasteiger partial charge in [0.2, 0.25) is 0 Å². The van der Waals surface area contributed by atoms with Crippen molar-refractivity contribution in [1.82, 2.24) is 0 Å². The van der Waals surface area contributed by atoms with E-state index in [2.05, 4.69) is 20.8 Å². The highest BCUT2D eigenvalue weighted by molar-refractivity contribution is 5.32. The minimum Gasteiger partial charge on any atom is -0.207 e. The summed E-state index contributed by atoms with van der Waals surface area (Å²) in [4.78, 5) is 0. The first kappa shape index (κ1) is 16.7. The van der Waals surface area contributed by atoms with E-state index in [-0.39, 0.29) is 17.6 Å². The molecule has 0 aromatic heterocycles. The molecule has 0 aliphatic rings. The SMILES string of the molecule is CC(C)C(C)CCC(c1ccc(F)cc1)c1ccc(F)cc1. The summed E-state index contributed by atoms with van der Waals surface area (Å²) in [5, 5.41) is 0.